The van der Waals surface area contributed by atoms with Crippen molar-refractivity contribution in [2.45, 2.75) is 106 Å². The van der Waals surface area contributed by atoms with E-state index in [0.29, 0.717) is 44.8 Å². The molecule has 0 radical (unpaired) electrons. The smallest absolute Gasteiger partial charge is 0.410 e. The molecule has 7 nitrogen and oxygen atoms in total. The van der Waals surface area contributed by atoms with Gasteiger partial charge in [-0.05, 0) is 95.1 Å². The molecule has 200 valence electrons. The van der Waals surface area contributed by atoms with Crippen LogP contribution in [0.4, 0.5) is 9.18 Å². The molecule has 9 heteroatoms. The van der Waals surface area contributed by atoms with E-state index in [4.69, 9.17) is 4.74 Å². The Morgan fingerprint density at radius 3 is 2.25 bits per heavy atom. The Morgan fingerprint density at radius 2 is 1.64 bits per heavy atom. The maximum atomic E-state index is 13.8. The van der Waals surface area contributed by atoms with Gasteiger partial charge in [0, 0.05) is 25.2 Å². The fourth-order valence-corrected chi connectivity index (χ4v) is 8.59. The Hall–Kier alpha value is -1.71. The van der Waals surface area contributed by atoms with Crippen LogP contribution in [0.1, 0.15) is 77.6 Å². The van der Waals surface area contributed by atoms with E-state index in [1.54, 1.807) is 4.31 Å². The SMILES string of the molecule is CC[C@@H]1CCC[C@H](C2(OC(=O)N3CCC(N4CCCCC4)CC3)CC2)N1S(=O)(=O)c1ccc(F)cc1. The predicted molar refractivity (Wildman–Crippen MR) is 136 cm³/mol. The zero-order valence-electron chi connectivity index (χ0n) is 21.4. The van der Waals surface area contributed by atoms with Crippen LogP contribution in [0.15, 0.2) is 29.2 Å². The van der Waals surface area contributed by atoms with Crippen molar-refractivity contribution < 1.29 is 22.3 Å². The van der Waals surface area contributed by atoms with E-state index in [0.717, 1.165) is 38.8 Å². The quantitative estimate of drug-likeness (QED) is 0.540. The summed E-state index contributed by atoms with van der Waals surface area (Å²) in [5, 5.41) is 0. The van der Waals surface area contributed by atoms with E-state index < -0.39 is 21.4 Å². The topological polar surface area (TPSA) is 70.2 Å². The van der Waals surface area contributed by atoms with Gasteiger partial charge in [0.05, 0.1) is 10.9 Å². The van der Waals surface area contributed by atoms with Crippen molar-refractivity contribution in [3.63, 3.8) is 0 Å². The monoisotopic (exact) mass is 521 g/mol. The number of sulfonamides is 1. The zero-order valence-corrected chi connectivity index (χ0v) is 22.2. The van der Waals surface area contributed by atoms with Crippen molar-refractivity contribution in [1.82, 2.24) is 14.1 Å². The Morgan fingerprint density at radius 1 is 0.972 bits per heavy atom. The van der Waals surface area contributed by atoms with Gasteiger partial charge in [-0.2, -0.15) is 4.31 Å². The Kier molecular flexibility index (Phi) is 7.61. The molecule has 1 aromatic rings. The van der Waals surface area contributed by atoms with Crippen LogP contribution in [0.5, 0.6) is 0 Å². The fourth-order valence-electron chi connectivity index (χ4n) is 6.59. The molecule has 3 heterocycles. The summed E-state index contributed by atoms with van der Waals surface area (Å²) in [5.74, 6) is -0.465. The van der Waals surface area contributed by atoms with Gasteiger partial charge in [-0.3, -0.25) is 0 Å². The molecule has 0 aromatic heterocycles. The number of benzene rings is 1. The van der Waals surface area contributed by atoms with Gasteiger partial charge in [0.15, 0.2) is 0 Å². The summed E-state index contributed by atoms with van der Waals surface area (Å²) >= 11 is 0. The predicted octanol–water partition coefficient (Wildman–Crippen LogP) is 4.77. The van der Waals surface area contributed by atoms with Crippen LogP contribution in [-0.2, 0) is 14.8 Å². The maximum absolute atomic E-state index is 13.8. The Bertz CT molecular complexity index is 1020. The van der Waals surface area contributed by atoms with Gasteiger partial charge in [0.25, 0.3) is 0 Å². The van der Waals surface area contributed by atoms with Crippen LogP contribution < -0.4 is 0 Å². The second kappa shape index (κ2) is 10.6. The normalized spacial score (nSPS) is 28.1. The molecule has 3 aliphatic heterocycles. The first kappa shape index (κ1) is 25.9. The summed E-state index contributed by atoms with van der Waals surface area (Å²) in [6.45, 7) is 5.71. The summed E-state index contributed by atoms with van der Waals surface area (Å²) in [6.07, 6.45) is 9.87. The highest BCUT2D eigenvalue weighted by molar-refractivity contribution is 7.89. The van der Waals surface area contributed by atoms with Crippen molar-refractivity contribution in [2.75, 3.05) is 26.2 Å². The molecule has 2 atom stereocenters. The van der Waals surface area contributed by atoms with E-state index in [1.165, 1.54) is 43.5 Å². The van der Waals surface area contributed by atoms with Crippen molar-refractivity contribution in [3.8, 4) is 0 Å². The number of likely N-dealkylation sites (tertiary alicyclic amines) is 2. The molecule has 36 heavy (non-hydrogen) atoms. The Balaban J connectivity index is 1.29. The molecule has 0 N–H and O–H groups in total. The first-order chi connectivity index (χ1) is 17.3. The van der Waals surface area contributed by atoms with E-state index in [1.807, 2.05) is 11.8 Å². The Labute approximate surface area is 215 Å². The van der Waals surface area contributed by atoms with Crippen LogP contribution in [0.25, 0.3) is 0 Å². The number of carbonyl (C=O) groups excluding carboxylic acids is 1. The van der Waals surface area contributed by atoms with E-state index in [2.05, 4.69) is 4.90 Å². The van der Waals surface area contributed by atoms with Crippen molar-refractivity contribution in [1.29, 1.82) is 0 Å². The van der Waals surface area contributed by atoms with Gasteiger partial charge >= 0.3 is 6.09 Å². The van der Waals surface area contributed by atoms with Crippen LogP contribution in [-0.4, -0.2) is 78.5 Å². The summed E-state index contributed by atoms with van der Waals surface area (Å²) in [4.78, 5) is 17.8. The molecular formula is C27H40FN3O4S. The molecule has 5 rings (SSSR count). The molecule has 1 aromatic carbocycles. The van der Waals surface area contributed by atoms with E-state index in [-0.39, 0.29) is 23.1 Å². The fraction of sp³-hybridized carbons (Fsp3) is 0.741. The number of piperidine rings is 3. The number of carbonyl (C=O) groups is 1. The first-order valence-electron chi connectivity index (χ1n) is 13.8. The van der Waals surface area contributed by atoms with E-state index in [9.17, 15) is 17.6 Å². The van der Waals surface area contributed by atoms with E-state index >= 15 is 0 Å². The highest BCUT2D eigenvalue weighted by Crippen LogP contribution is 2.50. The van der Waals surface area contributed by atoms with Gasteiger partial charge in [-0.1, -0.05) is 19.8 Å². The minimum absolute atomic E-state index is 0.0937. The largest absolute Gasteiger partial charge is 0.441 e. The van der Waals surface area contributed by atoms with Crippen LogP contribution in [0.2, 0.25) is 0 Å². The molecule has 0 spiro atoms. The van der Waals surface area contributed by atoms with Gasteiger partial charge in [-0.15, -0.1) is 0 Å². The summed E-state index contributed by atoms with van der Waals surface area (Å²) in [6, 6.07) is 5.04. The van der Waals surface area contributed by atoms with Crippen LogP contribution in [0.3, 0.4) is 0 Å². The first-order valence-corrected chi connectivity index (χ1v) is 15.3. The number of ether oxygens (including phenoxy) is 1. The lowest BCUT2D eigenvalue weighted by atomic mass is 9.92. The number of hydrogen-bond donors (Lipinski definition) is 0. The number of rotatable bonds is 6. The maximum Gasteiger partial charge on any atom is 0.410 e. The second-order valence-corrected chi connectivity index (χ2v) is 12.9. The van der Waals surface area contributed by atoms with Crippen LogP contribution in [0, 0.1) is 5.82 Å². The van der Waals surface area contributed by atoms with Crippen molar-refractivity contribution in [2.24, 2.45) is 0 Å². The molecule has 1 saturated carbocycles. The number of amides is 1. The van der Waals surface area contributed by atoms with Gasteiger partial charge in [-0.25, -0.2) is 17.6 Å². The summed E-state index contributed by atoms with van der Waals surface area (Å²) < 4.78 is 48.9. The lowest BCUT2D eigenvalue weighted by Crippen LogP contribution is -2.57. The molecule has 3 saturated heterocycles. The third-order valence-corrected chi connectivity index (χ3v) is 10.8. The average molecular weight is 522 g/mol. The average Bonchev–Trinajstić information content (AvgIpc) is 3.69. The highest BCUT2D eigenvalue weighted by Gasteiger charge is 2.59. The molecule has 4 aliphatic rings. The third-order valence-electron chi connectivity index (χ3n) is 8.81. The van der Waals surface area contributed by atoms with Crippen LogP contribution >= 0.6 is 0 Å². The van der Waals surface area contributed by atoms with Gasteiger partial charge in [0.1, 0.15) is 11.4 Å². The highest BCUT2D eigenvalue weighted by atomic mass is 32.2. The minimum atomic E-state index is -3.86. The molecule has 0 unspecified atom stereocenters. The minimum Gasteiger partial charge on any atom is -0.441 e. The van der Waals surface area contributed by atoms with Gasteiger partial charge < -0.3 is 14.5 Å². The number of hydrogen-bond acceptors (Lipinski definition) is 5. The zero-order chi connectivity index (χ0) is 25.3. The number of halogens is 1. The molecule has 1 aliphatic carbocycles. The molecule has 0 bridgehead atoms. The van der Waals surface area contributed by atoms with Crippen molar-refractivity contribution in [3.05, 3.63) is 30.1 Å². The summed E-state index contributed by atoms with van der Waals surface area (Å²) in [5.41, 5.74) is -0.762. The standard InChI is InChI=1S/C27H40FN3O4S/c1-2-22-7-6-8-25(31(22)36(33,34)24-11-9-21(28)10-12-24)27(15-16-27)35-26(32)30-19-13-23(14-20-30)29-17-4-3-5-18-29/h9-12,22-23,25H,2-8,13-20H2,1H3/t22-,25-/m1/s1. The molecule has 1 amide bonds. The lowest BCUT2D eigenvalue weighted by Gasteiger charge is -2.45. The lowest BCUT2D eigenvalue weighted by molar-refractivity contribution is -0.0144. The second-order valence-electron chi connectivity index (χ2n) is 11.0. The molecular weight excluding hydrogens is 481 g/mol. The summed E-state index contributed by atoms with van der Waals surface area (Å²) in [7, 11) is -3.86. The van der Waals surface area contributed by atoms with Crippen molar-refractivity contribution >= 4 is 16.1 Å². The molecule has 4 fully saturated rings. The van der Waals surface area contributed by atoms with Gasteiger partial charge in [0.2, 0.25) is 10.0 Å². The number of nitrogens with zero attached hydrogens (tertiary/aromatic N) is 3. The third kappa shape index (κ3) is 5.16.